The highest BCUT2D eigenvalue weighted by molar-refractivity contribution is 5.93. The molecule has 1 N–H and O–H groups in total. The summed E-state index contributed by atoms with van der Waals surface area (Å²) in [6, 6.07) is 6.14. The number of anilines is 1. The molecule has 2 atom stereocenters. The van der Waals surface area contributed by atoms with Crippen LogP contribution in [0.4, 0.5) is 5.69 Å². The standard InChI is InChI=1S/C19H28N2O/c1-14-6-5-7-15(2)19(14)20-18(22)13-21-11-10-16-8-3-4-9-17(16)12-21/h5-7,16-17H,3-4,8-13H2,1-2H3,(H,20,22)/t16-,17+/m0/s1. The molecule has 1 saturated heterocycles. The largest absolute Gasteiger partial charge is 0.324 e. The van der Waals surface area contributed by atoms with Crippen LogP contribution in [0, 0.1) is 25.7 Å². The fourth-order valence-corrected chi connectivity index (χ4v) is 4.21. The Morgan fingerprint density at radius 3 is 2.55 bits per heavy atom. The second-order valence-corrected chi connectivity index (χ2v) is 7.14. The number of nitrogens with zero attached hydrogens (tertiary/aromatic N) is 1. The topological polar surface area (TPSA) is 32.3 Å². The van der Waals surface area contributed by atoms with Crippen LogP contribution in [0.1, 0.15) is 43.2 Å². The Morgan fingerprint density at radius 1 is 1.14 bits per heavy atom. The highest BCUT2D eigenvalue weighted by Crippen LogP contribution is 2.35. The summed E-state index contributed by atoms with van der Waals surface area (Å²) in [6.45, 7) is 6.84. The van der Waals surface area contributed by atoms with Gasteiger partial charge in [-0.25, -0.2) is 0 Å². The van der Waals surface area contributed by atoms with Crippen molar-refractivity contribution in [3.8, 4) is 0 Å². The SMILES string of the molecule is Cc1cccc(C)c1NC(=O)CN1CC[C@@H]2CCCC[C@@H]2C1. The van der Waals surface area contributed by atoms with E-state index in [9.17, 15) is 4.79 Å². The molecule has 3 heteroatoms. The molecule has 0 unspecified atom stereocenters. The Morgan fingerprint density at radius 2 is 1.82 bits per heavy atom. The molecule has 22 heavy (non-hydrogen) atoms. The van der Waals surface area contributed by atoms with Gasteiger partial charge < -0.3 is 5.32 Å². The minimum Gasteiger partial charge on any atom is -0.324 e. The van der Waals surface area contributed by atoms with E-state index in [-0.39, 0.29) is 5.91 Å². The van der Waals surface area contributed by atoms with Crippen LogP contribution >= 0.6 is 0 Å². The molecule has 1 aromatic carbocycles. The van der Waals surface area contributed by atoms with Gasteiger partial charge in [0.1, 0.15) is 0 Å². The number of benzene rings is 1. The van der Waals surface area contributed by atoms with E-state index in [0.717, 1.165) is 41.7 Å². The molecule has 1 saturated carbocycles. The number of fused-ring (bicyclic) bond motifs is 1. The van der Waals surface area contributed by atoms with Crippen molar-refractivity contribution < 1.29 is 4.79 Å². The number of hydrogen-bond donors (Lipinski definition) is 1. The minimum absolute atomic E-state index is 0.131. The third-order valence-corrected chi connectivity index (χ3v) is 5.49. The molecule has 2 fully saturated rings. The van der Waals surface area contributed by atoms with E-state index in [0.29, 0.717) is 6.54 Å². The van der Waals surface area contributed by atoms with Crippen molar-refractivity contribution in [3.05, 3.63) is 29.3 Å². The van der Waals surface area contributed by atoms with Crippen LogP contribution < -0.4 is 5.32 Å². The fourth-order valence-electron chi connectivity index (χ4n) is 4.21. The Kier molecular flexibility index (Phi) is 4.82. The van der Waals surface area contributed by atoms with E-state index in [1.165, 1.54) is 32.1 Å². The van der Waals surface area contributed by atoms with Crippen LogP contribution in [0.25, 0.3) is 0 Å². The first-order chi connectivity index (χ1) is 10.6. The Bertz CT molecular complexity index is 520. The third kappa shape index (κ3) is 3.52. The Balaban J connectivity index is 1.56. The Labute approximate surface area is 134 Å². The smallest absolute Gasteiger partial charge is 0.238 e. The fraction of sp³-hybridized carbons (Fsp3) is 0.632. The Hall–Kier alpha value is -1.35. The number of hydrogen-bond acceptors (Lipinski definition) is 2. The zero-order chi connectivity index (χ0) is 15.5. The van der Waals surface area contributed by atoms with Gasteiger partial charge >= 0.3 is 0 Å². The molecule has 3 rings (SSSR count). The lowest BCUT2D eigenvalue weighted by atomic mass is 9.75. The second-order valence-electron chi connectivity index (χ2n) is 7.14. The highest BCUT2D eigenvalue weighted by Gasteiger charge is 2.31. The molecule has 0 radical (unpaired) electrons. The lowest BCUT2D eigenvalue weighted by Crippen LogP contribution is -2.44. The maximum atomic E-state index is 12.4. The predicted octanol–water partition coefficient (Wildman–Crippen LogP) is 3.75. The number of rotatable bonds is 3. The molecule has 2 aliphatic rings. The van der Waals surface area contributed by atoms with Crippen LogP contribution in [-0.4, -0.2) is 30.4 Å². The zero-order valence-electron chi connectivity index (χ0n) is 13.9. The van der Waals surface area contributed by atoms with E-state index in [4.69, 9.17) is 0 Å². The molecule has 1 aliphatic carbocycles. The molecular weight excluding hydrogens is 272 g/mol. The molecule has 120 valence electrons. The van der Waals surface area contributed by atoms with Gasteiger partial charge in [0.25, 0.3) is 0 Å². The number of aryl methyl sites for hydroxylation is 2. The van der Waals surface area contributed by atoms with Crippen LogP contribution in [0.15, 0.2) is 18.2 Å². The van der Waals surface area contributed by atoms with Gasteiger partial charge in [-0.1, -0.05) is 37.5 Å². The molecule has 0 bridgehead atoms. The number of para-hydroxylation sites is 1. The summed E-state index contributed by atoms with van der Waals surface area (Å²) < 4.78 is 0. The van der Waals surface area contributed by atoms with Crippen LogP contribution in [0.3, 0.4) is 0 Å². The van der Waals surface area contributed by atoms with Gasteiger partial charge in [-0.05, 0) is 56.2 Å². The number of likely N-dealkylation sites (tertiary alicyclic amines) is 1. The average Bonchev–Trinajstić information content (AvgIpc) is 2.51. The van der Waals surface area contributed by atoms with Crippen molar-refractivity contribution in [3.63, 3.8) is 0 Å². The molecular formula is C19H28N2O. The monoisotopic (exact) mass is 300 g/mol. The van der Waals surface area contributed by atoms with Gasteiger partial charge in [-0.3, -0.25) is 9.69 Å². The maximum Gasteiger partial charge on any atom is 0.238 e. The number of carbonyl (C=O) groups is 1. The normalized spacial score (nSPS) is 25.5. The zero-order valence-corrected chi connectivity index (χ0v) is 13.9. The summed E-state index contributed by atoms with van der Waals surface area (Å²) in [4.78, 5) is 14.7. The van der Waals surface area contributed by atoms with Gasteiger partial charge in [0.2, 0.25) is 5.91 Å². The number of carbonyl (C=O) groups excluding carboxylic acids is 1. The minimum atomic E-state index is 0.131. The molecule has 0 spiro atoms. The van der Waals surface area contributed by atoms with Crippen LogP contribution in [0.2, 0.25) is 0 Å². The molecule has 1 aromatic rings. The first-order valence-electron chi connectivity index (χ1n) is 8.72. The van der Waals surface area contributed by atoms with Crippen molar-refractivity contribution in [1.29, 1.82) is 0 Å². The second kappa shape index (κ2) is 6.82. The number of nitrogens with one attached hydrogen (secondary N) is 1. The molecule has 1 amide bonds. The van der Waals surface area contributed by atoms with Crippen LogP contribution in [-0.2, 0) is 4.79 Å². The van der Waals surface area contributed by atoms with Gasteiger partial charge in [0.15, 0.2) is 0 Å². The van der Waals surface area contributed by atoms with E-state index < -0.39 is 0 Å². The molecule has 3 nitrogen and oxygen atoms in total. The van der Waals surface area contributed by atoms with Crippen molar-refractivity contribution in [2.24, 2.45) is 11.8 Å². The van der Waals surface area contributed by atoms with Crippen molar-refractivity contribution in [2.45, 2.75) is 46.0 Å². The predicted molar refractivity (Wildman–Crippen MR) is 91.1 cm³/mol. The summed E-state index contributed by atoms with van der Waals surface area (Å²) in [6.07, 6.45) is 6.84. The van der Waals surface area contributed by atoms with Crippen LogP contribution in [0.5, 0.6) is 0 Å². The van der Waals surface area contributed by atoms with Crippen molar-refractivity contribution in [2.75, 3.05) is 25.0 Å². The van der Waals surface area contributed by atoms with Gasteiger partial charge in [-0.15, -0.1) is 0 Å². The average molecular weight is 300 g/mol. The summed E-state index contributed by atoms with van der Waals surface area (Å²) in [5.41, 5.74) is 3.26. The van der Waals surface area contributed by atoms with Crippen molar-refractivity contribution in [1.82, 2.24) is 4.90 Å². The van der Waals surface area contributed by atoms with E-state index in [1.54, 1.807) is 0 Å². The van der Waals surface area contributed by atoms with E-state index in [1.807, 2.05) is 6.07 Å². The molecule has 1 aliphatic heterocycles. The summed E-state index contributed by atoms with van der Waals surface area (Å²) in [5, 5.41) is 3.12. The quantitative estimate of drug-likeness (QED) is 0.922. The third-order valence-electron chi connectivity index (χ3n) is 5.49. The number of amides is 1. The number of piperidine rings is 1. The van der Waals surface area contributed by atoms with Gasteiger partial charge in [-0.2, -0.15) is 0 Å². The van der Waals surface area contributed by atoms with Gasteiger partial charge in [0.05, 0.1) is 6.54 Å². The lowest BCUT2D eigenvalue weighted by Gasteiger charge is -2.41. The first kappa shape index (κ1) is 15.5. The maximum absolute atomic E-state index is 12.4. The van der Waals surface area contributed by atoms with E-state index >= 15 is 0 Å². The summed E-state index contributed by atoms with van der Waals surface area (Å²) in [5.74, 6) is 1.88. The first-order valence-corrected chi connectivity index (χ1v) is 8.72. The lowest BCUT2D eigenvalue weighted by molar-refractivity contribution is -0.118. The molecule has 0 aromatic heterocycles. The summed E-state index contributed by atoms with van der Waals surface area (Å²) >= 11 is 0. The highest BCUT2D eigenvalue weighted by atomic mass is 16.2. The van der Waals surface area contributed by atoms with Crippen molar-refractivity contribution >= 4 is 11.6 Å². The van der Waals surface area contributed by atoms with Gasteiger partial charge in [0, 0.05) is 12.2 Å². The summed E-state index contributed by atoms with van der Waals surface area (Å²) in [7, 11) is 0. The molecule has 1 heterocycles. The van der Waals surface area contributed by atoms with E-state index in [2.05, 4.69) is 36.2 Å².